The van der Waals surface area contributed by atoms with Gasteiger partial charge in [0.05, 0.1) is 20.2 Å². The molecular formula is C22H24FN2O2S+. The monoisotopic (exact) mass is 399 g/mol. The third-order valence-electron chi connectivity index (χ3n) is 4.46. The third kappa shape index (κ3) is 5.41. The molecule has 1 amide bonds. The largest absolute Gasteiger partial charge is 0.497 e. The van der Waals surface area contributed by atoms with Gasteiger partial charge < -0.3 is 15.0 Å². The van der Waals surface area contributed by atoms with Gasteiger partial charge in [-0.15, -0.1) is 11.3 Å². The molecule has 28 heavy (non-hydrogen) atoms. The number of quaternary nitrogens is 1. The molecule has 1 unspecified atom stereocenters. The van der Waals surface area contributed by atoms with E-state index in [0.717, 1.165) is 33.2 Å². The molecule has 3 aromatic rings. The Kier molecular flexibility index (Phi) is 6.79. The Bertz CT molecular complexity index is 880. The molecule has 1 aromatic heterocycles. The van der Waals surface area contributed by atoms with Crippen molar-refractivity contribution in [2.75, 3.05) is 20.7 Å². The summed E-state index contributed by atoms with van der Waals surface area (Å²) < 4.78 is 18.5. The molecule has 1 heterocycles. The van der Waals surface area contributed by atoms with Gasteiger partial charge in [0.1, 0.15) is 18.1 Å². The fraction of sp³-hybridized carbons (Fsp3) is 0.227. The number of carbonyl (C=O) groups excluding carboxylic acids is 1. The predicted molar refractivity (Wildman–Crippen MR) is 109 cm³/mol. The van der Waals surface area contributed by atoms with Crippen molar-refractivity contribution in [3.63, 3.8) is 0 Å². The lowest BCUT2D eigenvalue weighted by Gasteiger charge is -2.20. The van der Waals surface area contributed by atoms with Crippen molar-refractivity contribution in [1.82, 2.24) is 5.32 Å². The molecular weight excluding hydrogens is 375 g/mol. The first kappa shape index (κ1) is 20.0. The number of nitrogens with one attached hydrogen (secondary N) is 2. The zero-order valence-corrected chi connectivity index (χ0v) is 16.8. The second-order valence-corrected chi connectivity index (χ2v) is 7.71. The topological polar surface area (TPSA) is 42.8 Å². The second kappa shape index (κ2) is 9.48. The van der Waals surface area contributed by atoms with E-state index in [9.17, 15) is 9.18 Å². The normalized spacial score (nSPS) is 13.0. The summed E-state index contributed by atoms with van der Waals surface area (Å²) in [5, 5.41) is 5.07. The van der Waals surface area contributed by atoms with Crippen molar-refractivity contribution in [3.05, 3.63) is 87.9 Å². The van der Waals surface area contributed by atoms with Crippen LogP contribution in [0.3, 0.4) is 0 Å². The van der Waals surface area contributed by atoms with Gasteiger partial charge in [0.2, 0.25) is 0 Å². The number of methoxy groups -OCH3 is 1. The Labute approximate surface area is 168 Å². The van der Waals surface area contributed by atoms with Crippen molar-refractivity contribution < 1.29 is 18.8 Å². The van der Waals surface area contributed by atoms with E-state index in [1.807, 2.05) is 48.8 Å². The van der Waals surface area contributed by atoms with Crippen LogP contribution >= 0.6 is 11.3 Å². The molecule has 0 saturated carbocycles. The third-order valence-corrected chi connectivity index (χ3v) is 5.40. The summed E-state index contributed by atoms with van der Waals surface area (Å²) in [5.74, 6) is 0.481. The standard InChI is InChI=1S/C22H23FN2O2S/c1-25(14-16-5-11-19(27-2)12-6-16)15-21(26)24-22(20-4-3-13-28-20)17-7-9-18(23)10-8-17/h3-13,22H,14-15H2,1-2H3,(H,24,26)/p+1/t22-/m0/s1. The van der Waals surface area contributed by atoms with Gasteiger partial charge in [0.25, 0.3) is 5.91 Å². The van der Waals surface area contributed by atoms with Crippen LogP contribution in [0.2, 0.25) is 0 Å². The zero-order chi connectivity index (χ0) is 19.9. The van der Waals surface area contributed by atoms with Crippen LogP contribution in [-0.4, -0.2) is 26.6 Å². The van der Waals surface area contributed by atoms with Crippen LogP contribution in [0.4, 0.5) is 4.39 Å². The molecule has 3 rings (SSSR count). The first-order chi connectivity index (χ1) is 13.5. The number of carbonyl (C=O) groups is 1. The zero-order valence-electron chi connectivity index (χ0n) is 15.9. The molecule has 0 bridgehead atoms. The van der Waals surface area contributed by atoms with Crippen molar-refractivity contribution in [3.8, 4) is 5.75 Å². The Morgan fingerprint density at radius 3 is 2.46 bits per heavy atom. The number of halogens is 1. The highest BCUT2D eigenvalue weighted by molar-refractivity contribution is 7.10. The van der Waals surface area contributed by atoms with Gasteiger partial charge in [-0.3, -0.25) is 4.79 Å². The Morgan fingerprint density at radius 2 is 1.86 bits per heavy atom. The number of amides is 1. The predicted octanol–water partition coefficient (Wildman–Crippen LogP) is 2.82. The van der Waals surface area contributed by atoms with E-state index in [-0.39, 0.29) is 17.8 Å². The van der Waals surface area contributed by atoms with E-state index >= 15 is 0 Å². The van der Waals surface area contributed by atoms with Crippen LogP contribution < -0.4 is 15.0 Å². The molecule has 0 saturated heterocycles. The van der Waals surface area contributed by atoms with Gasteiger partial charge in [0, 0.05) is 10.4 Å². The lowest BCUT2D eigenvalue weighted by Crippen LogP contribution is -3.08. The second-order valence-electron chi connectivity index (χ2n) is 6.73. The van der Waals surface area contributed by atoms with Gasteiger partial charge in [-0.05, 0) is 53.4 Å². The molecule has 0 aliphatic heterocycles. The van der Waals surface area contributed by atoms with Crippen molar-refractivity contribution in [2.24, 2.45) is 0 Å². The first-order valence-corrected chi connectivity index (χ1v) is 9.95. The minimum Gasteiger partial charge on any atom is -0.497 e. The van der Waals surface area contributed by atoms with E-state index in [2.05, 4.69) is 5.32 Å². The molecule has 6 heteroatoms. The summed E-state index contributed by atoms with van der Waals surface area (Å²) in [6, 6.07) is 17.8. The van der Waals surface area contributed by atoms with Crippen molar-refractivity contribution >= 4 is 17.2 Å². The molecule has 0 radical (unpaired) electrons. The van der Waals surface area contributed by atoms with E-state index in [0.29, 0.717) is 6.54 Å². The first-order valence-electron chi connectivity index (χ1n) is 9.07. The summed E-state index contributed by atoms with van der Waals surface area (Å²) in [6.45, 7) is 1.08. The van der Waals surface area contributed by atoms with Crippen LogP contribution in [-0.2, 0) is 11.3 Å². The highest BCUT2D eigenvalue weighted by Crippen LogP contribution is 2.26. The number of ether oxygens (including phenoxy) is 1. The minimum atomic E-state index is -0.288. The fourth-order valence-electron chi connectivity index (χ4n) is 3.07. The lowest BCUT2D eigenvalue weighted by atomic mass is 10.1. The molecule has 2 atom stereocenters. The molecule has 0 fully saturated rings. The summed E-state index contributed by atoms with van der Waals surface area (Å²) in [7, 11) is 3.63. The van der Waals surface area contributed by atoms with Crippen LogP contribution in [0.15, 0.2) is 66.0 Å². The fourth-order valence-corrected chi connectivity index (χ4v) is 3.87. The van der Waals surface area contributed by atoms with Crippen LogP contribution in [0.1, 0.15) is 22.0 Å². The van der Waals surface area contributed by atoms with Crippen LogP contribution in [0, 0.1) is 5.82 Å². The quantitative estimate of drug-likeness (QED) is 0.612. The summed E-state index contributed by atoms with van der Waals surface area (Å²) in [5.41, 5.74) is 2.00. The SMILES string of the molecule is COc1ccc(C[NH+](C)CC(=O)N[C@@H](c2ccc(F)cc2)c2cccs2)cc1. The molecule has 2 N–H and O–H groups in total. The van der Waals surface area contributed by atoms with Crippen LogP contribution in [0.5, 0.6) is 5.75 Å². The number of thiophene rings is 1. The summed E-state index contributed by atoms with van der Waals surface area (Å²) in [6.07, 6.45) is 0. The van der Waals surface area contributed by atoms with Gasteiger partial charge in [-0.25, -0.2) is 4.39 Å². The molecule has 2 aromatic carbocycles. The highest BCUT2D eigenvalue weighted by Gasteiger charge is 2.20. The van der Waals surface area contributed by atoms with Gasteiger partial charge >= 0.3 is 0 Å². The van der Waals surface area contributed by atoms with E-state index in [4.69, 9.17) is 4.74 Å². The molecule has 0 spiro atoms. The maximum absolute atomic E-state index is 13.3. The number of hydrogen-bond donors (Lipinski definition) is 2. The maximum atomic E-state index is 13.3. The van der Waals surface area contributed by atoms with Gasteiger partial charge in [0.15, 0.2) is 6.54 Å². The Morgan fingerprint density at radius 1 is 1.14 bits per heavy atom. The van der Waals surface area contributed by atoms with Gasteiger partial charge in [-0.1, -0.05) is 18.2 Å². The number of hydrogen-bond acceptors (Lipinski definition) is 3. The Balaban J connectivity index is 1.63. The number of benzene rings is 2. The Hall–Kier alpha value is -2.70. The average Bonchev–Trinajstić information content (AvgIpc) is 3.22. The van der Waals surface area contributed by atoms with E-state index in [1.54, 1.807) is 30.6 Å². The molecule has 0 aliphatic rings. The summed E-state index contributed by atoms with van der Waals surface area (Å²) >= 11 is 1.57. The van der Waals surface area contributed by atoms with Crippen molar-refractivity contribution in [1.29, 1.82) is 0 Å². The van der Waals surface area contributed by atoms with E-state index < -0.39 is 0 Å². The summed E-state index contributed by atoms with van der Waals surface area (Å²) in [4.78, 5) is 14.8. The highest BCUT2D eigenvalue weighted by atomic mass is 32.1. The molecule has 0 aliphatic carbocycles. The number of rotatable bonds is 8. The minimum absolute atomic E-state index is 0.0475. The van der Waals surface area contributed by atoms with E-state index in [1.165, 1.54) is 12.1 Å². The van der Waals surface area contributed by atoms with Crippen molar-refractivity contribution in [2.45, 2.75) is 12.6 Å². The smallest absolute Gasteiger partial charge is 0.275 e. The van der Waals surface area contributed by atoms with Crippen LogP contribution in [0.25, 0.3) is 0 Å². The number of likely N-dealkylation sites (N-methyl/N-ethyl adjacent to an activating group) is 1. The van der Waals surface area contributed by atoms with Gasteiger partial charge in [-0.2, -0.15) is 0 Å². The molecule has 4 nitrogen and oxygen atoms in total. The lowest BCUT2D eigenvalue weighted by molar-refractivity contribution is -0.885. The maximum Gasteiger partial charge on any atom is 0.275 e. The average molecular weight is 400 g/mol. The molecule has 146 valence electrons.